The van der Waals surface area contributed by atoms with E-state index in [1.54, 1.807) is 13.2 Å². The van der Waals surface area contributed by atoms with Gasteiger partial charge in [0.2, 0.25) is 0 Å². The molecular formula is C17H17FN2O. The number of nitriles is 1. The summed E-state index contributed by atoms with van der Waals surface area (Å²) in [4.78, 5) is 0. The first kappa shape index (κ1) is 15.0. The molecule has 108 valence electrons. The fourth-order valence-electron chi connectivity index (χ4n) is 2.11. The standard InChI is InChI=1S/C17H17FN2O/c1-21-17-4-2-3-13(10-17)5-6-20-12-15-7-14(11-19)8-16(18)9-15/h2-4,7-10,20H,5-6,12H2,1H3. The normalized spacial score (nSPS) is 10.1. The van der Waals surface area contributed by atoms with Crippen molar-refractivity contribution < 1.29 is 9.13 Å². The molecule has 2 aromatic rings. The van der Waals surface area contributed by atoms with E-state index in [9.17, 15) is 4.39 Å². The van der Waals surface area contributed by atoms with Crippen LogP contribution in [0, 0.1) is 17.1 Å². The van der Waals surface area contributed by atoms with Gasteiger partial charge >= 0.3 is 0 Å². The Morgan fingerprint density at radius 2 is 2.05 bits per heavy atom. The molecule has 0 saturated carbocycles. The van der Waals surface area contributed by atoms with Gasteiger partial charge < -0.3 is 10.1 Å². The highest BCUT2D eigenvalue weighted by Gasteiger charge is 2.01. The molecule has 0 fully saturated rings. The molecule has 0 bridgehead atoms. The Morgan fingerprint density at radius 1 is 1.19 bits per heavy atom. The van der Waals surface area contributed by atoms with Gasteiger partial charge in [-0.05, 0) is 54.4 Å². The lowest BCUT2D eigenvalue weighted by atomic mass is 10.1. The van der Waals surface area contributed by atoms with Crippen molar-refractivity contribution in [3.63, 3.8) is 0 Å². The SMILES string of the molecule is COc1cccc(CCNCc2cc(F)cc(C#N)c2)c1. The molecule has 1 N–H and O–H groups in total. The zero-order valence-electron chi connectivity index (χ0n) is 11.9. The number of methoxy groups -OCH3 is 1. The van der Waals surface area contributed by atoms with Crippen LogP contribution in [0.3, 0.4) is 0 Å². The molecule has 0 aliphatic carbocycles. The minimum Gasteiger partial charge on any atom is -0.497 e. The lowest BCUT2D eigenvalue weighted by molar-refractivity contribution is 0.414. The predicted octanol–water partition coefficient (Wildman–Crippen LogP) is 3.04. The van der Waals surface area contributed by atoms with E-state index in [4.69, 9.17) is 10.00 Å². The monoisotopic (exact) mass is 284 g/mol. The van der Waals surface area contributed by atoms with Gasteiger partial charge in [0.25, 0.3) is 0 Å². The van der Waals surface area contributed by atoms with E-state index in [0.29, 0.717) is 12.1 Å². The molecule has 2 rings (SSSR count). The maximum Gasteiger partial charge on any atom is 0.124 e. The number of nitrogens with one attached hydrogen (secondary N) is 1. The molecule has 0 unspecified atom stereocenters. The van der Waals surface area contributed by atoms with Crippen LogP contribution in [0.5, 0.6) is 5.75 Å². The summed E-state index contributed by atoms with van der Waals surface area (Å²) in [5.74, 6) is 0.468. The number of hydrogen-bond donors (Lipinski definition) is 1. The Kier molecular flexibility index (Phi) is 5.30. The van der Waals surface area contributed by atoms with Crippen molar-refractivity contribution in [2.75, 3.05) is 13.7 Å². The summed E-state index contributed by atoms with van der Waals surface area (Å²) < 4.78 is 18.5. The van der Waals surface area contributed by atoms with Gasteiger partial charge in [-0.1, -0.05) is 12.1 Å². The molecule has 0 aliphatic heterocycles. The first-order valence-corrected chi connectivity index (χ1v) is 6.74. The second-order valence-electron chi connectivity index (χ2n) is 4.74. The summed E-state index contributed by atoms with van der Waals surface area (Å²) >= 11 is 0. The molecule has 0 amide bonds. The van der Waals surface area contributed by atoms with Gasteiger partial charge in [0.1, 0.15) is 11.6 Å². The molecule has 4 heteroatoms. The zero-order chi connectivity index (χ0) is 15.1. The Bertz CT molecular complexity index is 649. The van der Waals surface area contributed by atoms with Crippen molar-refractivity contribution in [2.24, 2.45) is 0 Å². The van der Waals surface area contributed by atoms with E-state index in [1.165, 1.54) is 17.7 Å². The Hall–Kier alpha value is -2.38. The van der Waals surface area contributed by atoms with E-state index < -0.39 is 0 Å². The lowest BCUT2D eigenvalue weighted by Gasteiger charge is -2.07. The molecule has 0 spiro atoms. The van der Waals surface area contributed by atoms with Crippen LogP contribution in [0.15, 0.2) is 42.5 Å². The summed E-state index contributed by atoms with van der Waals surface area (Å²) in [6.07, 6.45) is 0.859. The van der Waals surface area contributed by atoms with Crippen LogP contribution in [0.25, 0.3) is 0 Å². The fourth-order valence-corrected chi connectivity index (χ4v) is 2.11. The van der Waals surface area contributed by atoms with Crippen LogP contribution in [0.4, 0.5) is 4.39 Å². The minimum atomic E-state index is -0.376. The van der Waals surface area contributed by atoms with E-state index in [0.717, 1.165) is 24.3 Å². The number of benzene rings is 2. The maximum atomic E-state index is 13.3. The number of halogens is 1. The molecule has 0 heterocycles. The van der Waals surface area contributed by atoms with Crippen molar-refractivity contribution >= 4 is 0 Å². The molecule has 0 radical (unpaired) electrons. The van der Waals surface area contributed by atoms with Gasteiger partial charge in [0.15, 0.2) is 0 Å². The molecule has 0 saturated heterocycles. The summed E-state index contributed by atoms with van der Waals surface area (Å²) in [5.41, 5.74) is 2.30. The number of hydrogen-bond acceptors (Lipinski definition) is 3. The lowest BCUT2D eigenvalue weighted by Crippen LogP contribution is -2.16. The van der Waals surface area contributed by atoms with E-state index >= 15 is 0 Å². The molecule has 2 aromatic carbocycles. The highest BCUT2D eigenvalue weighted by atomic mass is 19.1. The highest BCUT2D eigenvalue weighted by Crippen LogP contribution is 2.13. The van der Waals surface area contributed by atoms with Gasteiger partial charge in [0.05, 0.1) is 18.7 Å². The Balaban J connectivity index is 1.84. The van der Waals surface area contributed by atoms with Gasteiger partial charge in [-0.3, -0.25) is 0 Å². The van der Waals surface area contributed by atoms with Gasteiger partial charge in [-0.15, -0.1) is 0 Å². The van der Waals surface area contributed by atoms with E-state index in [-0.39, 0.29) is 5.82 Å². The third-order valence-corrected chi connectivity index (χ3v) is 3.14. The highest BCUT2D eigenvalue weighted by molar-refractivity contribution is 5.33. The summed E-state index contributed by atoms with van der Waals surface area (Å²) in [5, 5.41) is 12.1. The van der Waals surface area contributed by atoms with Crippen LogP contribution in [-0.4, -0.2) is 13.7 Å². The molecule has 0 atom stereocenters. The van der Waals surface area contributed by atoms with Gasteiger partial charge in [-0.2, -0.15) is 5.26 Å². The second-order valence-corrected chi connectivity index (χ2v) is 4.74. The van der Waals surface area contributed by atoms with Crippen LogP contribution < -0.4 is 10.1 Å². The third kappa shape index (κ3) is 4.59. The number of ether oxygens (including phenoxy) is 1. The van der Waals surface area contributed by atoms with Crippen LogP contribution in [0.2, 0.25) is 0 Å². The topological polar surface area (TPSA) is 45.0 Å². The molecule has 0 aromatic heterocycles. The summed E-state index contributed by atoms with van der Waals surface area (Å²) in [6.45, 7) is 1.31. The fraction of sp³-hybridized carbons (Fsp3) is 0.235. The van der Waals surface area contributed by atoms with Crippen LogP contribution >= 0.6 is 0 Å². The predicted molar refractivity (Wildman–Crippen MR) is 79.5 cm³/mol. The van der Waals surface area contributed by atoms with Crippen molar-refractivity contribution in [1.82, 2.24) is 5.32 Å². The first-order valence-electron chi connectivity index (χ1n) is 6.74. The van der Waals surface area contributed by atoms with Crippen molar-refractivity contribution in [1.29, 1.82) is 5.26 Å². The van der Waals surface area contributed by atoms with Crippen molar-refractivity contribution in [2.45, 2.75) is 13.0 Å². The zero-order valence-corrected chi connectivity index (χ0v) is 11.9. The van der Waals surface area contributed by atoms with Gasteiger partial charge in [-0.25, -0.2) is 4.39 Å². The largest absolute Gasteiger partial charge is 0.497 e. The van der Waals surface area contributed by atoms with Crippen LogP contribution in [-0.2, 0) is 13.0 Å². The average Bonchev–Trinajstić information content (AvgIpc) is 2.51. The first-order chi connectivity index (χ1) is 10.2. The molecule has 0 aliphatic rings. The summed E-state index contributed by atoms with van der Waals surface area (Å²) in [6, 6.07) is 14.2. The molecular weight excluding hydrogens is 267 g/mol. The van der Waals surface area contributed by atoms with Crippen molar-refractivity contribution in [3.8, 4) is 11.8 Å². The maximum absolute atomic E-state index is 13.3. The Labute approximate surface area is 124 Å². The molecule has 21 heavy (non-hydrogen) atoms. The number of rotatable bonds is 6. The van der Waals surface area contributed by atoms with Crippen LogP contribution in [0.1, 0.15) is 16.7 Å². The third-order valence-electron chi connectivity index (χ3n) is 3.14. The number of nitrogens with zero attached hydrogens (tertiary/aromatic N) is 1. The molecule has 3 nitrogen and oxygen atoms in total. The smallest absolute Gasteiger partial charge is 0.124 e. The summed E-state index contributed by atoms with van der Waals surface area (Å²) in [7, 11) is 1.65. The second kappa shape index (κ2) is 7.41. The average molecular weight is 284 g/mol. The quantitative estimate of drug-likeness (QED) is 0.829. The van der Waals surface area contributed by atoms with E-state index in [1.807, 2.05) is 30.3 Å². The Morgan fingerprint density at radius 3 is 2.81 bits per heavy atom. The van der Waals surface area contributed by atoms with Gasteiger partial charge in [0, 0.05) is 6.54 Å². The minimum absolute atomic E-state index is 0.347. The van der Waals surface area contributed by atoms with Crippen molar-refractivity contribution in [3.05, 3.63) is 65.0 Å². The van der Waals surface area contributed by atoms with E-state index in [2.05, 4.69) is 5.32 Å².